The third-order valence-corrected chi connectivity index (χ3v) is 22.2. The summed E-state index contributed by atoms with van der Waals surface area (Å²) >= 11 is 0. The Morgan fingerprint density at radius 3 is 0.943 bits per heavy atom. The molecule has 19 nitrogen and oxygen atoms in total. The Hall–Kier alpha value is -1.99. The molecule has 0 spiro atoms. The number of amides is 1. The third kappa shape index (κ3) is 46.3. The first kappa shape index (κ1) is 98.2. The van der Waals surface area contributed by atoms with Gasteiger partial charge in [0.05, 0.1) is 38.6 Å². The molecular formula is C87H163NO18. The van der Waals surface area contributed by atoms with Gasteiger partial charge in [0, 0.05) is 6.42 Å². The van der Waals surface area contributed by atoms with Gasteiger partial charge in [-0.25, -0.2) is 0 Å². The number of unbranched alkanes of at least 4 members (excludes halogenated alkanes) is 52. The molecular weight excluding hydrogens is 1350 g/mol. The van der Waals surface area contributed by atoms with Gasteiger partial charge in [0.1, 0.15) is 73.2 Å². The van der Waals surface area contributed by atoms with Crippen molar-refractivity contribution in [2.75, 3.05) is 26.4 Å². The summed E-state index contributed by atoms with van der Waals surface area (Å²) in [6.07, 6.45) is 58.9. The standard InChI is InChI=1S/C87H163NO18/c1-3-5-7-9-11-13-15-17-19-21-23-25-26-27-28-29-30-31-32-33-34-35-36-37-38-39-40-41-42-43-44-45-47-49-51-53-55-57-59-61-63-65-75(93)88-70(71(92)64-62-60-58-56-54-52-50-48-46-24-22-20-18-16-14-12-10-8-6-4-2)69-101-85-81(99)78(96)83(73(67-90)103-85)106-87-82(100)79(97)84(74(68-91)104-87)105-86-80(98)77(95)76(94)72(66-89)102-86/h21,23,54,56,62,64,70-74,76-87,89-92,94-100H,3-20,22,24-53,55,57-61,63,65-69H2,1-2H3,(H,88,93)/b23-21-,56-54+,64-62+. The molecule has 17 unspecified atom stereocenters. The molecule has 106 heavy (non-hydrogen) atoms. The smallest absolute Gasteiger partial charge is 0.220 e. The first-order valence-electron chi connectivity index (χ1n) is 44.2. The van der Waals surface area contributed by atoms with E-state index in [2.05, 4.69) is 43.5 Å². The highest BCUT2D eigenvalue weighted by Crippen LogP contribution is 2.34. The average molecular weight is 1510 g/mol. The summed E-state index contributed by atoms with van der Waals surface area (Å²) in [5.41, 5.74) is 0. The summed E-state index contributed by atoms with van der Waals surface area (Å²) in [4.78, 5) is 13.5. The average Bonchev–Trinajstić information content (AvgIpc) is 0.780. The summed E-state index contributed by atoms with van der Waals surface area (Å²) < 4.78 is 34.5. The van der Waals surface area contributed by atoms with Gasteiger partial charge >= 0.3 is 0 Å². The van der Waals surface area contributed by atoms with Crippen LogP contribution in [0, 0.1) is 0 Å². The fraction of sp³-hybridized carbons (Fsp3) is 0.920. The van der Waals surface area contributed by atoms with Crippen molar-refractivity contribution in [3.05, 3.63) is 36.5 Å². The van der Waals surface area contributed by atoms with Crippen LogP contribution in [-0.4, -0.2) is 193 Å². The van der Waals surface area contributed by atoms with Crippen molar-refractivity contribution >= 4 is 5.91 Å². The van der Waals surface area contributed by atoms with Crippen LogP contribution < -0.4 is 5.32 Å². The predicted octanol–water partition coefficient (Wildman–Crippen LogP) is 16.2. The van der Waals surface area contributed by atoms with Crippen LogP contribution >= 0.6 is 0 Å². The van der Waals surface area contributed by atoms with Crippen molar-refractivity contribution < 1.29 is 89.4 Å². The SMILES string of the molecule is CCCCCCCCCC/C=C\CCCCCCCCCCCCCCCCCCCCCCCCCCCCCCCC(=O)NC(COC1OC(CO)C(OC2OC(CO)C(OC3OC(CO)C(O)C(O)C3O)C(O)C2O)C(O)C1O)C(O)/C=C/CC/C=C/CCCCCCCCCCCCCCCC. The van der Waals surface area contributed by atoms with Crippen molar-refractivity contribution in [1.82, 2.24) is 5.32 Å². The lowest BCUT2D eigenvalue weighted by molar-refractivity contribution is -0.379. The molecule has 624 valence electrons. The molecule has 12 N–H and O–H groups in total. The van der Waals surface area contributed by atoms with Gasteiger partial charge in [-0.1, -0.05) is 352 Å². The van der Waals surface area contributed by atoms with Crippen molar-refractivity contribution in [3.63, 3.8) is 0 Å². The summed E-state index contributed by atoms with van der Waals surface area (Å²) in [6.45, 7) is 1.77. The maximum absolute atomic E-state index is 13.5. The Labute approximate surface area is 644 Å². The zero-order valence-electron chi connectivity index (χ0n) is 67.2. The minimum absolute atomic E-state index is 0.240. The second-order valence-electron chi connectivity index (χ2n) is 31.7. The topological polar surface area (TPSA) is 307 Å². The van der Waals surface area contributed by atoms with E-state index in [1.54, 1.807) is 6.08 Å². The van der Waals surface area contributed by atoms with E-state index in [1.807, 2.05) is 6.08 Å². The second-order valence-corrected chi connectivity index (χ2v) is 31.7. The number of carbonyl (C=O) groups excluding carboxylic acids is 1. The molecule has 0 aromatic rings. The highest BCUT2D eigenvalue weighted by atomic mass is 16.8. The van der Waals surface area contributed by atoms with Gasteiger partial charge in [-0.2, -0.15) is 0 Å². The molecule has 19 heteroatoms. The lowest BCUT2D eigenvalue weighted by Crippen LogP contribution is -2.66. The molecule has 3 rings (SSSR count). The number of ether oxygens (including phenoxy) is 6. The quantitative estimate of drug-likeness (QED) is 0.0199. The maximum atomic E-state index is 13.5. The van der Waals surface area contributed by atoms with E-state index in [1.165, 1.54) is 308 Å². The summed E-state index contributed by atoms with van der Waals surface area (Å²) in [6, 6.07) is -0.989. The largest absolute Gasteiger partial charge is 0.394 e. The zero-order valence-corrected chi connectivity index (χ0v) is 67.2. The maximum Gasteiger partial charge on any atom is 0.220 e. The highest BCUT2D eigenvalue weighted by Gasteiger charge is 2.54. The van der Waals surface area contributed by atoms with E-state index < -0.39 is 124 Å². The molecule has 0 radical (unpaired) electrons. The van der Waals surface area contributed by atoms with E-state index in [0.717, 1.165) is 38.5 Å². The molecule has 3 aliphatic heterocycles. The Morgan fingerprint density at radius 2 is 0.604 bits per heavy atom. The molecule has 0 saturated carbocycles. The Balaban J connectivity index is 1.29. The Kier molecular flexibility index (Phi) is 62.5. The summed E-state index contributed by atoms with van der Waals surface area (Å²) in [5, 5.41) is 121. The molecule has 1 amide bonds. The van der Waals surface area contributed by atoms with Gasteiger partial charge in [0.15, 0.2) is 18.9 Å². The van der Waals surface area contributed by atoms with E-state index in [0.29, 0.717) is 12.8 Å². The molecule has 3 heterocycles. The number of nitrogens with one attached hydrogen (secondary N) is 1. The Bertz CT molecular complexity index is 2050. The van der Waals surface area contributed by atoms with Crippen LogP contribution in [0.1, 0.15) is 380 Å². The van der Waals surface area contributed by atoms with Crippen LogP contribution in [0.15, 0.2) is 36.5 Å². The Morgan fingerprint density at radius 1 is 0.330 bits per heavy atom. The molecule has 3 aliphatic rings. The number of allylic oxidation sites excluding steroid dienone is 5. The normalized spacial score (nSPS) is 25.8. The minimum Gasteiger partial charge on any atom is -0.394 e. The fourth-order valence-corrected chi connectivity index (χ4v) is 15.1. The third-order valence-electron chi connectivity index (χ3n) is 22.2. The van der Waals surface area contributed by atoms with Crippen LogP contribution in [0.4, 0.5) is 0 Å². The lowest BCUT2D eigenvalue weighted by atomic mass is 9.96. The first-order valence-corrected chi connectivity index (χ1v) is 44.2. The van der Waals surface area contributed by atoms with Crippen LogP contribution in [0.5, 0.6) is 0 Å². The fourth-order valence-electron chi connectivity index (χ4n) is 15.1. The molecule has 3 fully saturated rings. The molecule has 17 atom stereocenters. The van der Waals surface area contributed by atoms with Crippen molar-refractivity contribution in [2.45, 2.75) is 484 Å². The molecule has 0 bridgehead atoms. The minimum atomic E-state index is -1.98. The van der Waals surface area contributed by atoms with E-state index in [-0.39, 0.29) is 18.9 Å². The van der Waals surface area contributed by atoms with Crippen molar-refractivity contribution in [2.24, 2.45) is 0 Å². The first-order chi connectivity index (χ1) is 51.8. The summed E-state index contributed by atoms with van der Waals surface area (Å²) in [5.74, 6) is -0.277. The van der Waals surface area contributed by atoms with Gasteiger partial charge in [0.2, 0.25) is 5.91 Å². The van der Waals surface area contributed by atoms with Gasteiger partial charge in [-0.05, 0) is 57.8 Å². The number of aliphatic hydroxyl groups excluding tert-OH is 11. The molecule has 0 aromatic heterocycles. The number of rotatable bonds is 72. The number of carbonyl (C=O) groups is 1. The molecule has 3 saturated heterocycles. The van der Waals surface area contributed by atoms with Gasteiger partial charge in [-0.15, -0.1) is 0 Å². The van der Waals surface area contributed by atoms with Gasteiger partial charge in [0.25, 0.3) is 0 Å². The van der Waals surface area contributed by atoms with E-state index >= 15 is 0 Å². The number of aliphatic hydroxyl groups is 11. The molecule has 0 aromatic carbocycles. The van der Waals surface area contributed by atoms with E-state index in [4.69, 9.17) is 28.4 Å². The van der Waals surface area contributed by atoms with Gasteiger partial charge in [-0.3, -0.25) is 4.79 Å². The number of hydrogen-bond donors (Lipinski definition) is 12. The lowest BCUT2D eigenvalue weighted by Gasteiger charge is -2.48. The molecule has 0 aliphatic carbocycles. The van der Waals surface area contributed by atoms with Gasteiger partial charge < -0.3 is 89.9 Å². The van der Waals surface area contributed by atoms with E-state index in [9.17, 15) is 61.0 Å². The van der Waals surface area contributed by atoms with Crippen LogP contribution in [0.2, 0.25) is 0 Å². The van der Waals surface area contributed by atoms with Crippen LogP contribution in [-0.2, 0) is 33.2 Å². The highest BCUT2D eigenvalue weighted by molar-refractivity contribution is 5.76. The van der Waals surface area contributed by atoms with Crippen molar-refractivity contribution in [1.29, 1.82) is 0 Å². The van der Waals surface area contributed by atoms with Crippen LogP contribution in [0.25, 0.3) is 0 Å². The zero-order chi connectivity index (χ0) is 76.7. The van der Waals surface area contributed by atoms with Crippen molar-refractivity contribution in [3.8, 4) is 0 Å². The number of hydrogen-bond acceptors (Lipinski definition) is 18. The second kappa shape index (κ2) is 67.5. The summed E-state index contributed by atoms with van der Waals surface area (Å²) in [7, 11) is 0. The predicted molar refractivity (Wildman–Crippen MR) is 425 cm³/mol. The van der Waals surface area contributed by atoms with Crippen LogP contribution in [0.3, 0.4) is 0 Å². The monoisotopic (exact) mass is 1510 g/mol.